The fraction of sp³-hybridized carbons (Fsp3) is 0.263. The van der Waals surface area contributed by atoms with Gasteiger partial charge in [-0.2, -0.15) is 5.26 Å². The summed E-state index contributed by atoms with van der Waals surface area (Å²) >= 11 is 0. The highest BCUT2D eigenvalue weighted by Crippen LogP contribution is 2.31. The summed E-state index contributed by atoms with van der Waals surface area (Å²) in [5, 5.41) is 11.7. The lowest BCUT2D eigenvalue weighted by Crippen LogP contribution is -2.30. The molecule has 7 nitrogen and oxygen atoms in total. The highest BCUT2D eigenvalue weighted by atomic mass is 16.5. The van der Waals surface area contributed by atoms with Crippen molar-refractivity contribution in [2.75, 3.05) is 26.6 Å². The standard InChI is InChI=1S/C19H20N2O5/c1-12(26-16-7-5-13(11-20)9-17(16)24-3)19(22)21-14-6-8-15(23-2)18(10-14)25-4/h5-10,12H,1-4H3,(H,21,22)/t12-/m0/s1. The van der Waals surface area contributed by atoms with E-state index in [2.05, 4.69) is 5.32 Å². The van der Waals surface area contributed by atoms with Crippen LogP contribution in [-0.2, 0) is 4.79 Å². The summed E-state index contributed by atoms with van der Waals surface area (Å²) in [6.45, 7) is 1.62. The molecule has 0 heterocycles. The van der Waals surface area contributed by atoms with Gasteiger partial charge in [0.25, 0.3) is 5.91 Å². The van der Waals surface area contributed by atoms with Gasteiger partial charge in [-0.25, -0.2) is 0 Å². The summed E-state index contributed by atoms with van der Waals surface area (Å²) in [6, 6.07) is 11.8. The first kappa shape index (κ1) is 18.9. The maximum Gasteiger partial charge on any atom is 0.265 e. The minimum absolute atomic E-state index is 0.344. The first-order valence-corrected chi connectivity index (χ1v) is 7.80. The summed E-state index contributed by atoms with van der Waals surface area (Å²) in [7, 11) is 4.53. The molecule has 1 atom stereocenters. The molecule has 0 saturated heterocycles. The lowest BCUT2D eigenvalue weighted by atomic mass is 10.2. The fourth-order valence-electron chi connectivity index (χ4n) is 2.24. The molecule has 0 bridgehead atoms. The summed E-state index contributed by atoms with van der Waals surface area (Å²) in [5.74, 6) is 1.49. The van der Waals surface area contributed by atoms with Crippen LogP contribution in [0.25, 0.3) is 0 Å². The SMILES string of the molecule is COc1ccc(NC(=O)[C@H](C)Oc2ccc(C#N)cc2OC)cc1OC. The Balaban J connectivity index is 2.10. The van der Waals surface area contributed by atoms with Crippen LogP contribution in [0.15, 0.2) is 36.4 Å². The second-order valence-electron chi connectivity index (χ2n) is 5.30. The zero-order chi connectivity index (χ0) is 19.1. The van der Waals surface area contributed by atoms with Gasteiger partial charge in [0.05, 0.1) is 33.0 Å². The van der Waals surface area contributed by atoms with Crippen molar-refractivity contribution in [3.63, 3.8) is 0 Å². The van der Waals surface area contributed by atoms with E-state index in [-0.39, 0.29) is 5.91 Å². The first-order chi connectivity index (χ1) is 12.5. The van der Waals surface area contributed by atoms with Crippen LogP contribution in [0, 0.1) is 11.3 Å². The summed E-state index contributed by atoms with van der Waals surface area (Å²) in [4.78, 5) is 12.4. The monoisotopic (exact) mass is 356 g/mol. The van der Waals surface area contributed by atoms with Gasteiger partial charge in [0.2, 0.25) is 0 Å². The summed E-state index contributed by atoms with van der Waals surface area (Å²) in [5.41, 5.74) is 0.992. The summed E-state index contributed by atoms with van der Waals surface area (Å²) < 4.78 is 21.3. The van der Waals surface area contributed by atoms with Crippen molar-refractivity contribution in [2.24, 2.45) is 0 Å². The Labute approximate surface area is 152 Å². The van der Waals surface area contributed by atoms with Gasteiger partial charge in [-0.05, 0) is 31.2 Å². The Bertz CT molecular complexity index is 829. The number of hydrogen-bond acceptors (Lipinski definition) is 6. The second kappa shape index (κ2) is 8.62. The highest BCUT2D eigenvalue weighted by molar-refractivity contribution is 5.94. The van der Waals surface area contributed by atoms with Crippen molar-refractivity contribution >= 4 is 11.6 Å². The number of anilines is 1. The van der Waals surface area contributed by atoms with Gasteiger partial charge in [-0.1, -0.05) is 0 Å². The van der Waals surface area contributed by atoms with E-state index in [0.29, 0.717) is 34.2 Å². The lowest BCUT2D eigenvalue weighted by Gasteiger charge is -2.17. The number of nitriles is 1. The summed E-state index contributed by atoms with van der Waals surface area (Å²) in [6.07, 6.45) is -0.787. The molecule has 26 heavy (non-hydrogen) atoms. The van der Waals surface area contributed by atoms with Gasteiger partial charge in [-0.15, -0.1) is 0 Å². The third-order valence-corrected chi connectivity index (χ3v) is 3.62. The molecule has 0 radical (unpaired) electrons. The third-order valence-electron chi connectivity index (χ3n) is 3.62. The first-order valence-electron chi connectivity index (χ1n) is 7.80. The smallest absolute Gasteiger partial charge is 0.265 e. The molecule has 0 aliphatic heterocycles. The molecule has 0 fully saturated rings. The van der Waals surface area contributed by atoms with E-state index in [9.17, 15) is 4.79 Å². The van der Waals surface area contributed by atoms with Crippen LogP contribution in [0.2, 0.25) is 0 Å². The van der Waals surface area contributed by atoms with Gasteiger partial charge in [0.1, 0.15) is 0 Å². The van der Waals surface area contributed by atoms with Gasteiger partial charge in [0, 0.05) is 17.8 Å². The Morgan fingerprint density at radius 2 is 1.58 bits per heavy atom. The van der Waals surface area contributed by atoms with Crippen LogP contribution < -0.4 is 24.3 Å². The van der Waals surface area contributed by atoms with Crippen molar-refractivity contribution in [1.82, 2.24) is 0 Å². The van der Waals surface area contributed by atoms with Crippen molar-refractivity contribution in [2.45, 2.75) is 13.0 Å². The maximum absolute atomic E-state index is 12.4. The number of rotatable bonds is 7. The van der Waals surface area contributed by atoms with Crippen LogP contribution in [-0.4, -0.2) is 33.3 Å². The van der Waals surface area contributed by atoms with E-state index in [0.717, 1.165) is 0 Å². The normalized spacial score (nSPS) is 11.0. The number of ether oxygens (including phenoxy) is 4. The topological polar surface area (TPSA) is 89.8 Å². The van der Waals surface area contributed by atoms with Gasteiger partial charge >= 0.3 is 0 Å². The molecule has 0 saturated carbocycles. The maximum atomic E-state index is 12.4. The van der Waals surface area contributed by atoms with Crippen molar-refractivity contribution in [1.29, 1.82) is 5.26 Å². The number of nitrogens with one attached hydrogen (secondary N) is 1. The zero-order valence-corrected chi connectivity index (χ0v) is 15.0. The largest absolute Gasteiger partial charge is 0.493 e. The molecular formula is C19H20N2O5. The number of methoxy groups -OCH3 is 3. The van der Waals surface area contributed by atoms with Crippen LogP contribution >= 0.6 is 0 Å². The van der Waals surface area contributed by atoms with Crippen molar-refractivity contribution in [3.8, 4) is 29.1 Å². The van der Waals surface area contributed by atoms with Gasteiger partial charge in [0.15, 0.2) is 29.1 Å². The molecule has 7 heteroatoms. The van der Waals surface area contributed by atoms with E-state index < -0.39 is 6.10 Å². The highest BCUT2D eigenvalue weighted by Gasteiger charge is 2.18. The van der Waals surface area contributed by atoms with Gasteiger partial charge < -0.3 is 24.3 Å². The molecule has 2 aromatic carbocycles. The van der Waals surface area contributed by atoms with Crippen molar-refractivity contribution in [3.05, 3.63) is 42.0 Å². The van der Waals surface area contributed by atoms with E-state index in [1.807, 2.05) is 6.07 Å². The van der Waals surface area contributed by atoms with Crippen LogP contribution in [0.3, 0.4) is 0 Å². The zero-order valence-electron chi connectivity index (χ0n) is 15.0. The predicted octanol–water partition coefficient (Wildman–Crippen LogP) is 2.99. The molecule has 0 aliphatic rings. The van der Waals surface area contributed by atoms with Crippen LogP contribution in [0.4, 0.5) is 5.69 Å². The minimum Gasteiger partial charge on any atom is -0.493 e. The number of carbonyl (C=O) groups is 1. The Morgan fingerprint density at radius 1 is 0.962 bits per heavy atom. The second-order valence-corrected chi connectivity index (χ2v) is 5.30. The molecule has 0 aliphatic carbocycles. The van der Waals surface area contributed by atoms with E-state index in [1.54, 1.807) is 43.3 Å². The number of nitrogens with zero attached hydrogens (tertiary/aromatic N) is 1. The lowest BCUT2D eigenvalue weighted by molar-refractivity contribution is -0.122. The molecule has 1 N–H and O–H groups in total. The average Bonchev–Trinajstić information content (AvgIpc) is 2.67. The third kappa shape index (κ3) is 4.36. The molecule has 2 aromatic rings. The molecule has 2 rings (SSSR count). The fourth-order valence-corrected chi connectivity index (χ4v) is 2.24. The number of amides is 1. The van der Waals surface area contributed by atoms with Gasteiger partial charge in [-0.3, -0.25) is 4.79 Å². The van der Waals surface area contributed by atoms with Crippen LogP contribution in [0.5, 0.6) is 23.0 Å². The van der Waals surface area contributed by atoms with E-state index >= 15 is 0 Å². The number of carbonyl (C=O) groups excluding carboxylic acids is 1. The predicted molar refractivity (Wildman–Crippen MR) is 96.0 cm³/mol. The van der Waals surface area contributed by atoms with E-state index in [1.165, 1.54) is 21.3 Å². The average molecular weight is 356 g/mol. The Kier molecular flexibility index (Phi) is 6.28. The Morgan fingerprint density at radius 3 is 2.19 bits per heavy atom. The Hall–Kier alpha value is -3.40. The minimum atomic E-state index is -0.787. The van der Waals surface area contributed by atoms with E-state index in [4.69, 9.17) is 24.2 Å². The van der Waals surface area contributed by atoms with Crippen LogP contribution in [0.1, 0.15) is 12.5 Å². The number of hydrogen-bond donors (Lipinski definition) is 1. The van der Waals surface area contributed by atoms with Crippen molar-refractivity contribution < 1.29 is 23.7 Å². The molecule has 1 amide bonds. The molecular weight excluding hydrogens is 336 g/mol. The molecule has 0 aromatic heterocycles. The molecule has 0 unspecified atom stereocenters. The molecule has 0 spiro atoms. The quantitative estimate of drug-likeness (QED) is 0.820. The number of benzene rings is 2. The molecule has 136 valence electrons.